The molecule has 0 unspecified atom stereocenters. The molecule has 5 heteroatoms. The molecular weight excluding hydrogens is 585 g/mol. The lowest BCUT2D eigenvalue weighted by Gasteiger charge is -2.26. The normalized spacial score (nSPS) is 11.5. The highest BCUT2D eigenvalue weighted by Gasteiger charge is 2.16. The predicted octanol–water partition coefficient (Wildman–Crippen LogP) is 12.3. The summed E-state index contributed by atoms with van der Waals surface area (Å²) in [7, 11) is 0. The Bertz CT molecular complexity index is 2270. The number of hydrogen-bond acceptors (Lipinski definition) is 5. The van der Waals surface area contributed by atoms with E-state index in [9.17, 15) is 0 Å². The van der Waals surface area contributed by atoms with E-state index in [2.05, 4.69) is 119 Å². The van der Waals surface area contributed by atoms with Gasteiger partial charge in [0.15, 0.2) is 0 Å². The van der Waals surface area contributed by atoms with Crippen molar-refractivity contribution in [2.75, 3.05) is 4.90 Å². The van der Waals surface area contributed by atoms with Crippen molar-refractivity contribution in [3.8, 4) is 33.1 Å². The van der Waals surface area contributed by atoms with Gasteiger partial charge in [0.05, 0.1) is 4.70 Å². The Hall–Kier alpha value is -5.91. The molecule has 9 aromatic rings. The van der Waals surface area contributed by atoms with Crippen molar-refractivity contribution in [1.82, 2.24) is 4.98 Å². The number of thiophene rings is 1. The van der Waals surface area contributed by atoms with Crippen molar-refractivity contribution < 1.29 is 8.83 Å². The number of benzene rings is 5. The van der Waals surface area contributed by atoms with Gasteiger partial charge in [0.1, 0.15) is 22.7 Å². The van der Waals surface area contributed by atoms with Crippen LogP contribution < -0.4 is 4.90 Å². The number of aromatic nitrogens is 1. The van der Waals surface area contributed by atoms with Crippen LogP contribution in [0.5, 0.6) is 0 Å². The Morgan fingerprint density at radius 3 is 1.76 bits per heavy atom. The third kappa shape index (κ3) is 4.74. The molecule has 0 fully saturated rings. The third-order valence-corrected chi connectivity index (χ3v) is 9.52. The molecule has 0 atom stereocenters. The minimum absolute atomic E-state index is 0.845. The first-order chi connectivity index (χ1) is 22.7. The van der Waals surface area contributed by atoms with E-state index >= 15 is 0 Å². The second kappa shape index (κ2) is 10.9. The van der Waals surface area contributed by atoms with Crippen LogP contribution in [0.3, 0.4) is 0 Å². The Balaban J connectivity index is 1.12. The number of fused-ring (bicyclic) bond motifs is 3. The summed E-state index contributed by atoms with van der Waals surface area (Å²) >= 11 is 1.76. The van der Waals surface area contributed by atoms with Gasteiger partial charge < -0.3 is 13.7 Å². The highest BCUT2D eigenvalue weighted by molar-refractivity contribution is 7.22. The van der Waals surface area contributed by atoms with Crippen molar-refractivity contribution in [1.29, 1.82) is 0 Å². The zero-order valence-electron chi connectivity index (χ0n) is 24.6. The number of furan rings is 2. The van der Waals surface area contributed by atoms with Crippen molar-refractivity contribution >= 4 is 60.4 Å². The average Bonchev–Trinajstić information content (AvgIpc) is 3.86. The monoisotopic (exact) mass is 610 g/mol. The summed E-state index contributed by atoms with van der Waals surface area (Å²) in [5.41, 5.74) is 8.15. The molecule has 46 heavy (non-hydrogen) atoms. The van der Waals surface area contributed by atoms with E-state index in [-0.39, 0.29) is 0 Å². The fourth-order valence-electron chi connectivity index (χ4n) is 6.07. The standard InChI is InChI=1S/C41H26N2O2S/c1-3-10-36-30(6-1)23-38(44-36)27-12-16-33(17-13-27)43(34-18-14-28(15-19-34)40-25-32-20-21-42-26-41(32)46-40)35-9-5-8-29(22-35)39-24-31-7-2-4-11-37(31)45-39/h1-26H. The van der Waals surface area contributed by atoms with Gasteiger partial charge in [0.2, 0.25) is 0 Å². The molecule has 0 aliphatic rings. The summed E-state index contributed by atoms with van der Waals surface area (Å²) in [4.78, 5) is 7.80. The van der Waals surface area contributed by atoms with E-state index in [1.807, 2.05) is 48.8 Å². The number of anilines is 3. The second-order valence-electron chi connectivity index (χ2n) is 11.3. The summed E-state index contributed by atoms with van der Waals surface area (Å²) in [5, 5.41) is 3.40. The molecular formula is C41H26N2O2S. The molecule has 5 aromatic carbocycles. The Labute approximate surface area is 269 Å². The minimum Gasteiger partial charge on any atom is -0.456 e. The first-order valence-corrected chi connectivity index (χ1v) is 16.0. The van der Waals surface area contributed by atoms with Crippen molar-refractivity contribution in [2.45, 2.75) is 0 Å². The summed E-state index contributed by atoms with van der Waals surface area (Å²) in [5.74, 6) is 1.70. The highest BCUT2D eigenvalue weighted by Crippen LogP contribution is 2.40. The number of hydrogen-bond donors (Lipinski definition) is 0. The molecule has 9 rings (SSSR count). The van der Waals surface area contributed by atoms with Crippen LogP contribution in [0.15, 0.2) is 167 Å². The number of rotatable bonds is 6. The van der Waals surface area contributed by atoms with Gasteiger partial charge in [-0.3, -0.25) is 4.98 Å². The molecule has 4 aromatic heterocycles. The van der Waals surface area contributed by atoms with E-state index in [1.54, 1.807) is 11.3 Å². The maximum Gasteiger partial charge on any atom is 0.135 e. The van der Waals surface area contributed by atoms with Gasteiger partial charge in [-0.15, -0.1) is 11.3 Å². The van der Waals surface area contributed by atoms with Crippen molar-refractivity contribution in [3.05, 3.63) is 158 Å². The van der Waals surface area contributed by atoms with E-state index in [4.69, 9.17) is 8.83 Å². The number of nitrogens with zero attached hydrogens (tertiary/aromatic N) is 2. The van der Waals surface area contributed by atoms with Crippen LogP contribution in [0.2, 0.25) is 0 Å². The maximum absolute atomic E-state index is 6.25. The third-order valence-electron chi connectivity index (χ3n) is 8.38. The summed E-state index contributed by atoms with van der Waals surface area (Å²) < 4.78 is 13.6. The minimum atomic E-state index is 0.845. The molecule has 4 nitrogen and oxygen atoms in total. The summed E-state index contributed by atoms with van der Waals surface area (Å²) in [6, 6.07) is 50.6. The van der Waals surface area contributed by atoms with Gasteiger partial charge in [0.25, 0.3) is 0 Å². The van der Waals surface area contributed by atoms with Crippen LogP contribution >= 0.6 is 11.3 Å². The molecule has 0 amide bonds. The molecule has 0 radical (unpaired) electrons. The lowest BCUT2D eigenvalue weighted by Crippen LogP contribution is -2.09. The Kier molecular flexibility index (Phi) is 6.28. The van der Waals surface area contributed by atoms with Gasteiger partial charge in [-0.25, -0.2) is 0 Å². The Morgan fingerprint density at radius 2 is 1.11 bits per heavy atom. The van der Waals surface area contributed by atoms with E-state index in [1.165, 1.54) is 20.5 Å². The van der Waals surface area contributed by atoms with Gasteiger partial charge in [-0.1, -0.05) is 60.7 Å². The summed E-state index contributed by atoms with van der Waals surface area (Å²) in [6.45, 7) is 0. The number of pyridine rings is 1. The molecule has 4 heterocycles. The molecule has 0 N–H and O–H groups in total. The highest BCUT2D eigenvalue weighted by atomic mass is 32.1. The SMILES string of the molecule is c1cc(-c2cc3ccccc3o2)cc(N(c2ccc(-c3cc4ccccc4o3)cc2)c2ccc(-c3cc4ccncc4s3)cc2)c1. The molecule has 0 spiro atoms. The smallest absolute Gasteiger partial charge is 0.135 e. The van der Waals surface area contributed by atoms with Gasteiger partial charge >= 0.3 is 0 Å². The van der Waals surface area contributed by atoms with E-state index in [0.29, 0.717) is 0 Å². The van der Waals surface area contributed by atoms with Crippen LogP contribution in [0.1, 0.15) is 0 Å². The predicted molar refractivity (Wildman–Crippen MR) is 190 cm³/mol. The maximum atomic E-state index is 6.25. The molecule has 0 bridgehead atoms. The molecule has 0 aliphatic heterocycles. The van der Waals surface area contributed by atoms with Gasteiger partial charge in [0, 0.05) is 56.2 Å². The first kappa shape index (κ1) is 26.5. The van der Waals surface area contributed by atoms with Crippen LogP contribution in [0, 0.1) is 0 Å². The topological polar surface area (TPSA) is 42.4 Å². The number of para-hydroxylation sites is 2. The molecule has 0 aliphatic carbocycles. The molecule has 218 valence electrons. The largest absolute Gasteiger partial charge is 0.456 e. The van der Waals surface area contributed by atoms with Gasteiger partial charge in [-0.05, 0) is 95.9 Å². The fraction of sp³-hybridized carbons (Fsp3) is 0. The fourth-order valence-corrected chi connectivity index (χ4v) is 7.11. The van der Waals surface area contributed by atoms with Gasteiger partial charge in [-0.2, -0.15) is 0 Å². The lowest BCUT2D eigenvalue weighted by atomic mass is 10.1. The van der Waals surface area contributed by atoms with E-state index in [0.717, 1.165) is 61.6 Å². The molecule has 0 saturated heterocycles. The summed E-state index contributed by atoms with van der Waals surface area (Å²) in [6.07, 6.45) is 3.78. The van der Waals surface area contributed by atoms with Crippen LogP contribution in [-0.4, -0.2) is 4.98 Å². The quantitative estimate of drug-likeness (QED) is 0.188. The second-order valence-corrected chi connectivity index (χ2v) is 12.4. The van der Waals surface area contributed by atoms with Crippen LogP contribution in [-0.2, 0) is 0 Å². The first-order valence-electron chi connectivity index (χ1n) is 15.2. The lowest BCUT2D eigenvalue weighted by molar-refractivity contribution is 0.631. The Morgan fingerprint density at radius 1 is 0.478 bits per heavy atom. The van der Waals surface area contributed by atoms with Crippen molar-refractivity contribution in [2.24, 2.45) is 0 Å². The van der Waals surface area contributed by atoms with Crippen LogP contribution in [0.25, 0.3) is 65.1 Å². The van der Waals surface area contributed by atoms with Crippen molar-refractivity contribution in [3.63, 3.8) is 0 Å². The molecule has 0 saturated carbocycles. The van der Waals surface area contributed by atoms with E-state index < -0.39 is 0 Å². The zero-order chi connectivity index (χ0) is 30.5. The average molecular weight is 611 g/mol. The van der Waals surface area contributed by atoms with Crippen LogP contribution in [0.4, 0.5) is 17.1 Å². The zero-order valence-corrected chi connectivity index (χ0v) is 25.4.